The fourth-order valence-corrected chi connectivity index (χ4v) is 4.30. The summed E-state index contributed by atoms with van der Waals surface area (Å²) in [6.45, 7) is 1.24. The van der Waals surface area contributed by atoms with Crippen molar-refractivity contribution in [3.8, 4) is 5.75 Å². The number of esters is 1. The molecule has 4 N–H and O–H groups in total. The van der Waals surface area contributed by atoms with Gasteiger partial charge >= 0.3 is 5.97 Å². The van der Waals surface area contributed by atoms with E-state index < -0.39 is 35.3 Å². The van der Waals surface area contributed by atoms with Crippen LogP contribution in [0.4, 0.5) is 5.69 Å². The molecule has 2 amide bonds. The van der Waals surface area contributed by atoms with Crippen LogP contribution in [0.3, 0.4) is 0 Å². The summed E-state index contributed by atoms with van der Waals surface area (Å²) in [5, 5.41) is 0. The maximum absolute atomic E-state index is 14.0. The van der Waals surface area contributed by atoms with Gasteiger partial charge in [-0.25, -0.2) is 4.79 Å². The van der Waals surface area contributed by atoms with Crippen LogP contribution in [0, 0.1) is 6.92 Å². The third-order valence-corrected chi connectivity index (χ3v) is 5.72. The second-order valence-electron chi connectivity index (χ2n) is 7.35. The van der Waals surface area contributed by atoms with E-state index in [0.717, 1.165) is 12.0 Å². The molecule has 0 radical (unpaired) electrons. The van der Waals surface area contributed by atoms with Crippen LogP contribution >= 0.6 is 0 Å². The maximum Gasteiger partial charge on any atom is 0.340 e. The minimum atomic E-state index is -1.96. The molecule has 1 spiro atoms. The number of fused-ring (bicyclic) bond motifs is 4. The van der Waals surface area contributed by atoms with Crippen molar-refractivity contribution < 1.29 is 23.9 Å². The number of amides is 2. The maximum atomic E-state index is 14.0. The molecule has 1 aromatic carbocycles. The first kappa shape index (κ1) is 20.2. The molecule has 2 aliphatic heterocycles. The van der Waals surface area contributed by atoms with Crippen molar-refractivity contribution in [3.63, 3.8) is 0 Å². The van der Waals surface area contributed by atoms with Crippen LogP contribution in [0.1, 0.15) is 16.8 Å². The van der Waals surface area contributed by atoms with E-state index in [1.807, 2.05) is 0 Å². The van der Waals surface area contributed by atoms with Gasteiger partial charge in [0.1, 0.15) is 23.3 Å². The third kappa shape index (κ3) is 2.51. The number of ether oxygens (including phenoxy) is 2. The molecule has 10 heteroatoms. The molecule has 2 aliphatic rings. The Bertz CT molecular complexity index is 1260. The Kier molecular flexibility index (Phi) is 4.38. The van der Waals surface area contributed by atoms with Gasteiger partial charge in [-0.2, -0.15) is 0 Å². The Labute approximate surface area is 176 Å². The van der Waals surface area contributed by atoms with Crippen LogP contribution < -0.4 is 26.7 Å². The molecular weight excluding hydrogens is 404 g/mol. The summed E-state index contributed by atoms with van der Waals surface area (Å²) >= 11 is 0. The number of hydrogen-bond donors (Lipinski definition) is 2. The van der Waals surface area contributed by atoms with Crippen molar-refractivity contribution in [2.75, 3.05) is 18.6 Å². The van der Waals surface area contributed by atoms with E-state index >= 15 is 0 Å². The molecule has 0 aliphatic carbocycles. The van der Waals surface area contributed by atoms with Crippen LogP contribution in [0.5, 0.6) is 5.75 Å². The van der Waals surface area contributed by atoms with Gasteiger partial charge in [-0.15, -0.1) is 0 Å². The van der Waals surface area contributed by atoms with Gasteiger partial charge in [0.2, 0.25) is 17.7 Å². The first-order valence-electron chi connectivity index (χ1n) is 9.33. The van der Waals surface area contributed by atoms with Crippen LogP contribution in [0.15, 0.2) is 46.6 Å². The number of nitrogens with two attached hydrogens (primary N) is 2. The van der Waals surface area contributed by atoms with Gasteiger partial charge in [0.05, 0.1) is 12.7 Å². The summed E-state index contributed by atoms with van der Waals surface area (Å²) in [7, 11) is 2.67. The quantitative estimate of drug-likeness (QED) is 0.634. The Morgan fingerprint density at radius 1 is 1.23 bits per heavy atom. The molecule has 160 valence electrons. The first-order chi connectivity index (χ1) is 14.7. The largest absolute Gasteiger partial charge is 0.465 e. The van der Waals surface area contributed by atoms with Gasteiger partial charge in [-0.1, -0.05) is 18.2 Å². The van der Waals surface area contributed by atoms with E-state index in [1.54, 1.807) is 37.3 Å². The Morgan fingerprint density at radius 3 is 2.55 bits per heavy atom. The number of methoxy groups -OCH3 is 1. The van der Waals surface area contributed by atoms with E-state index in [9.17, 15) is 19.2 Å². The SMILES string of the molecule is COC(=O)C1=C(N)Oc2cc(C)n(C)c(=O)c2C12C(=O)N(CC(N)=O)c1ccccc12. The van der Waals surface area contributed by atoms with Crippen molar-refractivity contribution in [3.05, 3.63) is 69.0 Å². The number of para-hydroxylation sites is 1. The number of aryl methyl sites for hydroxylation is 1. The number of carbonyl (C=O) groups excluding carboxylic acids is 3. The summed E-state index contributed by atoms with van der Waals surface area (Å²) in [4.78, 5) is 53.2. The van der Waals surface area contributed by atoms with E-state index in [1.165, 1.54) is 11.6 Å². The molecule has 0 fully saturated rings. The molecule has 1 aromatic heterocycles. The lowest BCUT2D eigenvalue weighted by Gasteiger charge is -2.35. The van der Waals surface area contributed by atoms with E-state index in [2.05, 4.69) is 0 Å². The van der Waals surface area contributed by atoms with E-state index in [0.29, 0.717) is 16.9 Å². The second kappa shape index (κ2) is 6.73. The second-order valence-corrected chi connectivity index (χ2v) is 7.35. The molecule has 4 rings (SSSR count). The fraction of sp³-hybridized carbons (Fsp3) is 0.238. The molecule has 3 heterocycles. The number of benzene rings is 1. The zero-order valence-electron chi connectivity index (χ0n) is 17.1. The highest BCUT2D eigenvalue weighted by molar-refractivity contribution is 6.19. The van der Waals surface area contributed by atoms with Gasteiger partial charge in [0.25, 0.3) is 5.56 Å². The highest BCUT2D eigenvalue weighted by Gasteiger charge is 2.62. The van der Waals surface area contributed by atoms with Crippen LogP contribution in [0.25, 0.3) is 0 Å². The minimum Gasteiger partial charge on any atom is -0.465 e. The molecule has 31 heavy (non-hydrogen) atoms. The van der Waals surface area contributed by atoms with E-state index in [-0.39, 0.29) is 22.8 Å². The average Bonchev–Trinajstić information content (AvgIpc) is 2.95. The minimum absolute atomic E-state index is 0.0508. The van der Waals surface area contributed by atoms with Crippen molar-refractivity contribution in [1.29, 1.82) is 0 Å². The van der Waals surface area contributed by atoms with Gasteiger partial charge in [-0.05, 0) is 13.0 Å². The molecule has 2 aromatic rings. The molecular formula is C21H20N4O6. The molecule has 0 bridgehead atoms. The Balaban J connectivity index is 2.21. The van der Waals surface area contributed by atoms with Crippen LogP contribution in [-0.2, 0) is 31.6 Å². The average molecular weight is 424 g/mol. The van der Waals surface area contributed by atoms with Crippen molar-refractivity contribution >= 4 is 23.5 Å². The van der Waals surface area contributed by atoms with Crippen molar-refractivity contribution in [2.45, 2.75) is 12.3 Å². The highest BCUT2D eigenvalue weighted by atomic mass is 16.5. The lowest BCUT2D eigenvalue weighted by atomic mass is 9.68. The smallest absolute Gasteiger partial charge is 0.340 e. The highest BCUT2D eigenvalue weighted by Crippen LogP contribution is 2.54. The van der Waals surface area contributed by atoms with Crippen LogP contribution in [-0.4, -0.2) is 36.0 Å². The third-order valence-electron chi connectivity index (χ3n) is 5.72. The molecule has 0 saturated carbocycles. The predicted molar refractivity (Wildman–Crippen MR) is 109 cm³/mol. The van der Waals surface area contributed by atoms with Gasteiger partial charge in [-0.3, -0.25) is 14.4 Å². The summed E-state index contributed by atoms with van der Waals surface area (Å²) in [5.41, 5.74) is 9.76. The number of aromatic nitrogens is 1. The Morgan fingerprint density at radius 2 is 1.90 bits per heavy atom. The molecule has 0 saturated heterocycles. The molecule has 10 nitrogen and oxygen atoms in total. The predicted octanol–water partition coefficient (Wildman–Crippen LogP) is -0.453. The fourth-order valence-electron chi connectivity index (χ4n) is 4.30. The summed E-state index contributed by atoms with van der Waals surface area (Å²) < 4.78 is 11.9. The number of hydrogen-bond acceptors (Lipinski definition) is 7. The lowest BCUT2D eigenvalue weighted by Crippen LogP contribution is -2.52. The first-order valence-corrected chi connectivity index (χ1v) is 9.33. The van der Waals surface area contributed by atoms with E-state index in [4.69, 9.17) is 20.9 Å². The van der Waals surface area contributed by atoms with Crippen LogP contribution in [0.2, 0.25) is 0 Å². The van der Waals surface area contributed by atoms with Gasteiger partial charge in [0.15, 0.2) is 0 Å². The number of rotatable bonds is 3. The number of primary amides is 1. The lowest BCUT2D eigenvalue weighted by molar-refractivity contribution is -0.138. The normalized spacial score (nSPS) is 19.2. The number of pyridine rings is 1. The van der Waals surface area contributed by atoms with Crippen molar-refractivity contribution in [2.24, 2.45) is 18.5 Å². The van der Waals surface area contributed by atoms with Gasteiger partial charge < -0.3 is 30.4 Å². The zero-order valence-corrected chi connectivity index (χ0v) is 17.1. The van der Waals surface area contributed by atoms with Gasteiger partial charge in [0, 0.05) is 30.1 Å². The number of carbonyl (C=O) groups is 3. The zero-order chi connectivity index (χ0) is 22.7. The number of anilines is 1. The summed E-state index contributed by atoms with van der Waals surface area (Å²) in [5.74, 6) is -2.73. The number of nitrogens with zero attached hydrogens (tertiary/aromatic N) is 2. The standard InChI is InChI=1S/C21H20N4O6/c1-10-8-13-15(18(27)24(10)2)21(16(17(23)31-13)19(28)30-3)11-6-4-5-7-12(11)25(20(21)29)9-14(22)26/h4-8H,9,23H2,1-3H3,(H2,22,26). The monoisotopic (exact) mass is 424 g/mol. The van der Waals surface area contributed by atoms with Crippen molar-refractivity contribution in [1.82, 2.24) is 4.57 Å². The Hall–Kier alpha value is -4.08. The molecule has 1 atom stereocenters. The summed E-state index contributed by atoms with van der Waals surface area (Å²) in [6.07, 6.45) is 0. The summed E-state index contributed by atoms with van der Waals surface area (Å²) in [6, 6.07) is 8.08. The molecule has 1 unspecified atom stereocenters. The topological polar surface area (TPSA) is 147 Å².